The molecule has 254 valence electrons. The molecule has 2 heteroatoms. The number of hydrogen-bond donors (Lipinski definition) is 0. The minimum absolute atomic E-state index is 0.148. The van der Waals surface area contributed by atoms with Crippen molar-refractivity contribution in [1.29, 1.82) is 0 Å². The molecule has 0 saturated heterocycles. The van der Waals surface area contributed by atoms with E-state index in [0.29, 0.717) is 22.5 Å². The van der Waals surface area contributed by atoms with Crippen LogP contribution < -0.4 is 0 Å². The van der Waals surface area contributed by atoms with Crippen molar-refractivity contribution in [2.45, 2.75) is 0 Å². The number of aromatic nitrogens is 2. The maximum atomic E-state index is 8.45. The van der Waals surface area contributed by atoms with Gasteiger partial charge in [0.1, 0.15) is 0 Å². The highest BCUT2D eigenvalue weighted by Gasteiger charge is 2.13. The Morgan fingerprint density at radius 2 is 0.630 bits per heavy atom. The zero-order valence-corrected chi connectivity index (χ0v) is 28.9. The number of nitrogens with zero attached hydrogens (tertiary/aromatic N) is 2. The summed E-state index contributed by atoms with van der Waals surface area (Å²) < 4.78 is 82.2. The van der Waals surface area contributed by atoms with E-state index in [1.807, 2.05) is 79.1 Å². The van der Waals surface area contributed by atoms with Crippen molar-refractivity contribution in [1.82, 2.24) is 9.97 Å². The Kier molecular flexibility index (Phi) is 6.43. The Morgan fingerprint density at radius 3 is 1.02 bits per heavy atom. The topological polar surface area (TPSA) is 25.8 Å². The average Bonchev–Trinajstić information content (AvgIpc) is 3.34. The summed E-state index contributed by atoms with van der Waals surface area (Å²) in [5.41, 5.74) is 12.1. The Labute approximate surface area is 330 Å². The van der Waals surface area contributed by atoms with Gasteiger partial charge in [0, 0.05) is 34.6 Å². The fraction of sp³-hybridized carbons (Fsp3) is 0. The average molecular weight is 699 g/mol. The molecule has 2 heterocycles. The first kappa shape index (κ1) is 23.4. The van der Waals surface area contributed by atoms with E-state index < -0.39 is 12.1 Å². The van der Waals surface area contributed by atoms with E-state index in [-0.39, 0.29) is 59.5 Å². The quantitative estimate of drug-likeness (QED) is 0.158. The van der Waals surface area contributed by atoms with Crippen LogP contribution in [-0.4, -0.2) is 9.97 Å². The minimum Gasteiger partial charge on any atom is -0.256 e. The van der Waals surface area contributed by atoms with Gasteiger partial charge in [0.15, 0.2) is 0 Å². The molecule has 54 heavy (non-hydrogen) atoms. The molecule has 0 radical (unpaired) electrons. The Morgan fingerprint density at radius 1 is 0.278 bits per heavy atom. The molecule has 0 fully saturated rings. The second kappa shape index (κ2) is 14.8. The van der Waals surface area contributed by atoms with Crippen LogP contribution in [0, 0.1) is 0 Å². The molecule has 0 aliphatic carbocycles. The molecular weight excluding hydrogens is 653 g/mol. The summed E-state index contributed by atoms with van der Waals surface area (Å²) in [5.74, 6) is 0. The number of pyridine rings is 2. The van der Waals surface area contributed by atoms with Crippen LogP contribution >= 0.6 is 0 Å². The molecule has 7 aromatic carbocycles. The lowest BCUT2D eigenvalue weighted by atomic mass is 9.90. The van der Waals surface area contributed by atoms with Crippen LogP contribution in [0.25, 0.3) is 89.3 Å². The summed E-state index contributed by atoms with van der Waals surface area (Å²) in [7, 11) is 0. The third kappa shape index (κ3) is 6.77. The molecule has 0 spiro atoms. The molecule has 2 nitrogen and oxygen atoms in total. The monoisotopic (exact) mass is 698 g/mol. The van der Waals surface area contributed by atoms with Gasteiger partial charge < -0.3 is 0 Å². The van der Waals surface area contributed by atoms with Crippen LogP contribution in [0.4, 0.5) is 0 Å². The van der Waals surface area contributed by atoms with Gasteiger partial charge in [-0.15, -0.1) is 0 Å². The molecular formula is C52H36N2. The SMILES string of the molecule is [2H]c1c([2H])c([2H])c(-c2cccc(-c3ccc(-c4ccccc4-c4cccc(-c5ccccc5-c5ccc(-c6cccc(-c7c([2H])c([2H])c([2H])c([2H])c7[2H])c6)nc5)c4)cn3)c2)c([2H])c1[2H]. The van der Waals surface area contributed by atoms with Gasteiger partial charge in [0.2, 0.25) is 0 Å². The highest BCUT2D eigenvalue weighted by molar-refractivity contribution is 5.89. The lowest BCUT2D eigenvalue weighted by Crippen LogP contribution is -1.90. The molecule has 0 amide bonds. The van der Waals surface area contributed by atoms with Crippen LogP contribution in [0.1, 0.15) is 13.7 Å². The summed E-state index contributed by atoms with van der Waals surface area (Å²) in [6, 6.07) is 43.7. The Balaban J connectivity index is 0.998. The fourth-order valence-corrected chi connectivity index (χ4v) is 6.73. The summed E-state index contributed by atoms with van der Waals surface area (Å²) in [4.78, 5) is 9.64. The maximum absolute atomic E-state index is 8.45. The van der Waals surface area contributed by atoms with Crippen molar-refractivity contribution in [2.75, 3.05) is 0 Å². The van der Waals surface area contributed by atoms with Crippen molar-refractivity contribution < 1.29 is 13.7 Å². The summed E-state index contributed by atoms with van der Waals surface area (Å²) >= 11 is 0. The van der Waals surface area contributed by atoms with Gasteiger partial charge in [-0.25, -0.2) is 0 Å². The van der Waals surface area contributed by atoms with Crippen molar-refractivity contribution in [3.63, 3.8) is 0 Å². The lowest BCUT2D eigenvalue weighted by molar-refractivity contribution is 1.32. The second-order valence-electron chi connectivity index (χ2n) is 12.7. The normalized spacial score (nSPS) is 13.6. The van der Waals surface area contributed by atoms with E-state index in [2.05, 4.69) is 42.5 Å². The summed E-state index contributed by atoms with van der Waals surface area (Å²) in [6.45, 7) is 0. The number of rotatable bonds is 8. The van der Waals surface area contributed by atoms with E-state index in [9.17, 15) is 0 Å². The van der Waals surface area contributed by atoms with Gasteiger partial charge in [-0.2, -0.15) is 0 Å². The lowest BCUT2D eigenvalue weighted by Gasteiger charge is -2.14. The molecule has 0 unspecified atom stereocenters. The van der Waals surface area contributed by atoms with E-state index in [0.717, 1.165) is 55.6 Å². The third-order valence-electron chi connectivity index (χ3n) is 9.38. The maximum Gasteiger partial charge on any atom is 0.0702 e. The van der Waals surface area contributed by atoms with Gasteiger partial charge in [0.05, 0.1) is 25.1 Å². The Bertz CT molecular complexity index is 3000. The van der Waals surface area contributed by atoms with Crippen LogP contribution in [0.2, 0.25) is 0 Å². The number of benzene rings is 7. The highest BCUT2D eigenvalue weighted by Crippen LogP contribution is 2.38. The molecule has 0 saturated carbocycles. The predicted molar refractivity (Wildman–Crippen MR) is 226 cm³/mol. The molecule has 0 aliphatic heterocycles. The second-order valence-corrected chi connectivity index (χ2v) is 12.7. The largest absolute Gasteiger partial charge is 0.256 e. The van der Waals surface area contributed by atoms with Crippen LogP contribution in [-0.2, 0) is 0 Å². The predicted octanol–water partition coefficient (Wildman–Crippen LogP) is 13.8. The molecule has 9 aromatic rings. The van der Waals surface area contributed by atoms with Crippen molar-refractivity contribution >= 4 is 0 Å². The van der Waals surface area contributed by atoms with Gasteiger partial charge in [-0.05, 0) is 86.0 Å². The Hall–Kier alpha value is -7.16. The third-order valence-corrected chi connectivity index (χ3v) is 9.38. The van der Waals surface area contributed by atoms with Gasteiger partial charge in [-0.1, -0.05) is 176 Å². The smallest absolute Gasteiger partial charge is 0.0702 e. The molecule has 0 atom stereocenters. The molecule has 0 bridgehead atoms. The van der Waals surface area contributed by atoms with E-state index >= 15 is 0 Å². The van der Waals surface area contributed by atoms with Crippen molar-refractivity contribution in [3.8, 4) is 89.3 Å². The van der Waals surface area contributed by atoms with Gasteiger partial charge in [0.25, 0.3) is 0 Å². The van der Waals surface area contributed by atoms with Crippen LogP contribution in [0.5, 0.6) is 0 Å². The van der Waals surface area contributed by atoms with Crippen molar-refractivity contribution in [2.24, 2.45) is 0 Å². The molecule has 0 N–H and O–H groups in total. The van der Waals surface area contributed by atoms with Crippen molar-refractivity contribution in [3.05, 3.63) is 218 Å². The first-order valence-corrected chi connectivity index (χ1v) is 17.5. The van der Waals surface area contributed by atoms with E-state index in [1.54, 1.807) is 36.4 Å². The minimum atomic E-state index is -0.426. The summed E-state index contributed by atoms with van der Waals surface area (Å²) in [6.07, 6.45) is 3.65. The van der Waals surface area contributed by atoms with Gasteiger partial charge >= 0.3 is 0 Å². The molecule has 2 aromatic heterocycles. The van der Waals surface area contributed by atoms with Crippen LogP contribution in [0.15, 0.2) is 218 Å². The standard InChI is InChI=1S/C52H36N2/c1-3-14-37(15-4-1)39-18-11-22-43(32-39)51-30-28-45(35-53-51)49-26-9-7-24-47(49)41-20-13-21-42(34-41)48-25-8-10-27-50(48)46-29-31-52(54-36-46)44-23-12-19-40(33-44)38-16-5-2-6-17-38/h1-36H/i1D,2D,3D,4D,5D,6D,14D,15D,16D,17D. The zero-order valence-electron chi connectivity index (χ0n) is 38.9. The molecule has 0 aliphatic rings. The fourth-order valence-electron chi connectivity index (χ4n) is 6.73. The molecule has 9 rings (SSSR count). The summed E-state index contributed by atoms with van der Waals surface area (Å²) in [5, 5.41) is 0. The van der Waals surface area contributed by atoms with E-state index in [4.69, 9.17) is 23.7 Å². The zero-order chi connectivity index (χ0) is 44.8. The van der Waals surface area contributed by atoms with E-state index in [1.165, 1.54) is 0 Å². The number of hydrogen-bond acceptors (Lipinski definition) is 2. The van der Waals surface area contributed by atoms with Crippen LogP contribution in [0.3, 0.4) is 0 Å². The van der Waals surface area contributed by atoms with Gasteiger partial charge in [-0.3, -0.25) is 9.97 Å². The first-order valence-electron chi connectivity index (χ1n) is 22.5. The highest BCUT2D eigenvalue weighted by atomic mass is 14.7. The first-order chi connectivity index (χ1) is 30.9.